The maximum absolute atomic E-state index is 12.3. The molecule has 0 atom stereocenters. The summed E-state index contributed by atoms with van der Waals surface area (Å²) in [4.78, 5) is 34.1. The van der Waals surface area contributed by atoms with E-state index >= 15 is 0 Å². The number of aromatic carboxylic acids is 1. The zero-order chi connectivity index (χ0) is 18.7. The number of carboxylic acids is 2. The molecular weight excluding hydrogens is 336 g/mol. The second kappa shape index (κ2) is 7.06. The fourth-order valence-electron chi connectivity index (χ4n) is 2.55. The average molecular weight is 350 g/mol. The van der Waals surface area contributed by atoms with Crippen molar-refractivity contribution in [3.05, 3.63) is 81.2 Å². The Labute approximate surface area is 147 Å². The number of benzene rings is 2. The summed E-state index contributed by atoms with van der Waals surface area (Å²) in [5.41, 5.74) is 1.32. The number of para-hydroxylation sites is 1. The second-order valence-corrected chi connectivity index (χ2v) is 5.64. The standard InChI is InChI=1S/C20H14O6/c21-17-11-15(9-6-12-4-7-13(8-5-12)20(24)25)26-19-14(10-18(22)23)2-1-3-16(17)19/h1-9,11H,10H2,(H,22,23)(H,24,25). The van der Waals surface area contributed by atoms with E-state index in [-0.39, 0.29) is 28.8 Å². The first kappa shape index (κ1) is 17.2. The van der Waals surface area contributed by atoms with Crippen LogP contribution in [0.4, 0.5) is 0 Å². The van der Waals surface area contributed by atoms with Crippen molar-refractivity contribution in [2.45, 2.75) is 6.42 Å². The van der Waals surface area contributed by atoms with Gasteiger partial charge in [0.05, 0.1) is 17.4 Å². The second-order valence-electron chi connectivity index (χ2n) is 5.64. The first-order valence-electron chi connectivity index (χ1n) is 7.73. The molecule has 3 rings (SSSR count). The Bertz CT molecular complexity index is 1070. The molecule has 0 aliphatic heterocycles. The van der Waals surface area contributed by atoms with Gasteiger partial charge >= 0.3 is 11.9 Å². The highest BCUT2D eigenvalue weighted by atomic mass is 16.4. The van der Waals surface area contributed by atoms with E-state index in [9.17, 15) is 14.4 Å². The number of rotatable bonds is 5. The summed E-state index contributed by atoms with van der Waals surface area (Å²) >= 11 is 0. The normalized spacial score (nSPS) is 11.1. The monoisotopic (exact) mass is 350 g/mol. The molecule has 130 valence electrons. The highest BCUT2D eigenvalue weighted by Gasteiger charge is 2.10. The van der Waals surface area contributed by atoms with Crippen molar-refractivity contribution in [2.24, 2.45) is 0 Å². The Hall–Kier alpha value is -3.67. The van der Waals surface area contributed by atoms with Gasteiger partial charge in [-0.25, -0.2) is 4.79 Å². The van der Waals surface area contributed by atoms with Gasteiger partial charge in [-0.1, -0.05) is 30.3 Å². The predicted molar refractivity (Wildman–Crippen MR) is 96.2 cm³/mol. The quantitative estimate of drug-likeness (QED) is 0.731. The Morgan fingerprint density at radius 1 is 1.00 bits per heavy atom. The first-order chi connectivity index (χ1) is 12.4. The lowest BCUT2D eigenvalue weighted by atomic mass is 10.1. The van der Waals surface area contributed by atoms with Crippen LogP contribution in [0.5, 0.6) is 0 Å². The molecule has 6 heteroatoms. The molecule has 1 aromatic heterocycles. The molecule has 0 saturated heterocycles. The van der Waals surface area contributed by atoms with Crippen LogP contribution in [-0.2, 0) is 11.2 Å². The van der Waals surface area contributed by atoms with Gasteiger partial charge in [0.15, 0.2) is 5.43 Å². The van der Waals surface area contributed by atoms with Crippen LogP contribution in [0, 0.1) is 0 Å². The Balaban J connectivity index is 1.98. The molecule has 0 fully saturated rings. The minimum atomic E-state index is -1.01. The lowest BCUT2D eigenvalue weighted by molar-refractivity contribution is -0.136. The molecule has 1 heterocycles. The average Bonchev–Trinajstić information content (AvgIpc) is 2.60. The van der Waals surface area contributed by atoms with Gasteiger partial charge in [0.2, 0.25) is 0 Å². The minimum absolute atomic E-state index is 0.178. The fourth-order valence-corrected chi connectivity index (χ4v) is 2.55. The van der Waals surface area contributed by atoms with Crippen LogP contribution in [0.2, 0.25) is 0 Å². The van der Waals surface area contributed by atoms with Crippen molar-refractivity contribution < 1.29 is 24.2 Å². The van der Waals surface area contributed by atoms with Gasteiger partial charge in [-0.2, -0.15) is 0 Å². The largest absolute Gasteiger partial charge is 0.481 e. The molecule has 2 aromatic carbocycles. The van der Waals surface area contributed by atoms with Gasteiger partial charge in [-0.05, 0) is 29.8 Å². The van der Waals surface area contributed by atoms with Crippen molar-refractivity contribution in [3.8, 4) is 0 Å². The Kier molecular flexibility index (Phi) is 4.66. The molecule has 0 aliphatic carbocycles. The first-order valence-corrected chi connectivity index (χ1v) is 7.73. The van der Waals surface area contributed by atoms with Crippen molar-refractivity contribution in [1.29, 1.82) is 0 Å². The summed E-state index contributed by atoms with van der Waals surface area (Å²) in [5.74, 6) is -1.74. The van der Waals surface area contributed by atoms with E-state index in [0.29, 0.717) is 10.9 Å². The fraction of sp³-hybridized carbons (Fsp3) is 0.0500. The van der Waals surface area contributed by atoms with E-state index in [1.54, 1.807) is 42.5 Å². The van der Waals surface area contributed by atoms with E-state index < -0.39 is 11.9 Å². The van der Waals surface area contributed by atoms with Crippen LogP contribution in [0.1, 0.15) is 27.2 Å². The third kappa shape index (κ3) is 3.70. The van der Waals surface area contributed by atoms with E-state index in [4.69, 9.17) is 14.6 Å². The lowest BCUT2D eigenvalue weighted by Gasteiger charge is -2.04. The maximum Gasteiger partial charge on any atom is 0.335 e. The predicted octanol–water partition coefficient (Wildman–Crippen LogP) is 3.29. The summed E-state index contributed by atoms with van der Waals surface area (Å²) in [5, 5.41) is 18.2. The van der Waals surface area contributed by atoms with Crippen LogP contribution in [0.3, 0.4) is 0 Å². The molecule has 2 N–H and O–H groups in total. The summed E-state index contributed by atoms with van der Waals surface area (Å²) in [6, 6.07) is 12.4. The third-order valence-electron chi connectivity index (χ3n) is 3.79. The highest BCUT2D eigenvalue weighted by Crippen LogP contribution is 2.19. The smallest absolute Gasteiger partial charge is 0.335 e. The molecular formula is C20H14O6. The SMILES string of the molecule is O=C(O)Cc1cccc2c(=O)cc(C=Cc3ccc(C(=O)O)cc3)oc12. The van der Waals surface area contributed by atoms with Crippen molar-refractivity contribution >= 4 is 35.1 Å². The zero-order valence-corrected chi connectivity index (χ0v) is 13.5. The van der Waals surface area contributed by atoms with Crippen LogP contribution >= 0.6 is 0 Å². The van der Waals surface area contributed by atoms with Crippen LogP contribution in [-0.4, -0.2) is 22.2 Å². The van der Waals surface area contributed by atoms with Gasteiger partial charge in [-0.15, -0.1) is 0 Å². The maximum atomic E-state index is 12.3. The molecule has 0 spiro atoms. The number of fused-ring (bicyclic) bond motifs is 1. The van der Waals surface area contributed by atoms with Crippen LogP contribution in [0.15, 0.2) is 57.7 Å². The molecule has 0 aliphatic rings. The number of hydrogen-bond acceptors (Lipinski definition) is 4. The Morgan fingerprint density at radius 2 is 1.73 bits per heavy atom. The van der Waals surface area contributed by atoms with Gasteiger partial charge in [0, 0.05) is 11.6 Å². The number of hydrogen-bond donors (Lipinski definition) is 2. The molecule has 0 saturated carbocycles. The molecule has 0 bridgehead atoms. The number of carboxylic acid groups (broad SMARTS) is 2. The minimum Gasteiger partial charge on any atom is -0.481 e. The molecule has 0 amide bonds. The van der Waals surface area contributed by atoms with Gasteiger partial charge in [0.1, 0.15) is 11.3 Å². The number of carbonyl (C=O) groups is 2. The lowest BCUT2D eigenvalue weighted by Crippen LogP contribution is -2.05. The molecule has 3 aromatic rings. The molecule has 0 radical (unpaired) electrons. The molecule has 0 unspecified atom stereocenters. The van der Waals surface area contributed by atoms with Gasteiger partial charge in [-0.3, -0.25) is 9.59 Å². The van der Waals surface area contributed by atoms with E-state index in [1.165, 1.54) is 18.2 Å². The van der Waals surface area contributed by atoms with E-state index in [1.807, 2.05) is 0 Å². The molecule has 26 heavy (non-hydrogen) atoms. The summed E-state index contributed by atoms with van der Waals surface area (Å²) < 4.78 is 5.71. The van der Waals surface area contributed by atoms with E-state index in [0.717, 1.165) is 5.56 Å². The van der Waals surface area contributed by atoms with Gasteiger partial charge in [0.25, 0.3) is 0 Å². The summed E-state index contributed by atoms with van der Waals surface area (Å²) in [6.07, 6.45) is 3.01. The Morgan fingerprint density at radius 3 is 2.38 bits per heavy atom. The number of aliphatic carboxylic acids is 1. The van der Waals surface area contributed by atoms with Crippen LogP contribution < -0.4 is 5.43 Å². The third-order valence-corrected chi connectivity index (χ3v) is 3.79. The molecule has 6 nitrogen and oxygen atoms in total. The van der Waals surface area contributed by atoms with Gasteiger partial charge < -0.3 is 14.6 Å². The van der Waals surface area contributed by atoms with Crippen molar-refractivity contribution in [2.75, 3.05) is 0 Å². The summed E-state index contributed by atoms with van der Waals surface area (Å²) in [6.45, 7) is 0. The van der Waals surface area contributed by atoms with E-state index in [2.05, 4.69) is 0 Å². The topological polar surface area (TPSA) is 105 Å². The highest BCUT2D eigenvalue weighted by molar-refractivity contribution is 5.88. The van der Waals surface area contributed by atoms with Crippen molar-refractivity contribution in [3.63, 3.8) is 0 Å². The summed E-state index contributed by atoms with van der Waals surface area (Å²) in [7, 11) is 0. The zero-order valence-electron chi connectivity index (χ0n) is 13.5. The van der Waals surface area contributed by atoms with Crippen molar-refractivity contribution in [1.82, 2.24) is 0 Å². The van der Waals surface area contributed by atoms with Crippen LogP contribution in [0.25, 0.3) is 23.1 Å².